The van der Waals surface area contributed by atoms with E-state index in [0.29, 0.717) is 18.5 Å². The summed E-state index contributed by atoms with van der Waals surface area (Å²) in [6.07, 6.45) is 4.56. The maximum Gasteiger partial charge on any atom is 0.331 e. The van der Waals surface area contributed by atoms with Gasteiger partial charge >= 0.3 is 5.97 Å². The van der Waals surface area contributed by atoms with E-state index in [9.17, 15) is 18.8 Å². The molecule has 140 valence electrons. The lowest BCUT2D eigenvalue weighted by molar-refractivity contribution is -0.151. The van der Waals surface area contributed by atoms with Gasteiger partial charge in [0.15, 0.2) is 18.2 Å². The molecule has 8 heteroatoms. The van der Waals surface area contributed by atoms with Crippen molar-refractivity contribution < 1.29 is 28.2 Å². The molecule has 0 aliphatic carbocycles. The van der Waals surface area contributed by atoms with E-state index >= 15 is 0 Å². The standard InChI is InChI=1S/C18H21FN2O5/c1-25-15-7-5-12(10-13(15)19)6-8-17(23)26-11-16(22)21-9-3-2-4-14(21)18(20)24/h5-8,10,14H,2-4,9,11H2,1H3,(H2,20,24)/b8-6+/t14-/m0/s1. The van der Waals surface area contributed by atoms with Gasteiger partial charge in [-0.05, 0) is 43.0 Å². The van der Waals surface area contributed by atoms with Crippen molar-refractivity contribution in [2.24, 2.45) is 5.73 Å². The number of primary amides is 1. The van der Waals surface area contributed by atoms with Crippen molar-refractivity contribution in [2.75, 3.05) is 20.3 Å². The molecule has 1 aliphatic heterocycles. The molecule has 2 amide bonds. The molecular formula is C18H21FN2O5. The van der Waals surface area contributed by atoms with Crippen LogP contribution in [0.4, 0.5) is 4.39 Å². The third-order valence-electron chi connectivity index (χ3n) is 4.08. The number of nitrogens with zero attached hydrogens (tertiary/aromatic N) is 1. The second-order valence-electron chi connectivity index (χ2n) is 5.84. The molecule has 1 aromatic rings. The number of rotatable bonds is 6. The first-order valence-electron chi connectivity index (χ1n) is 8.19. The Bertz CT molecular complexity index is 720. The topological polar surface area (TPSA) is 98.9 Å². The first-order valence-corrected chi connectivity index (χ1v) is 8.19. The Morgan fingerprint density at radius 2 is 2.12 bits per heavy atom. The molecule has 0 radical (unpaired) electrons. The number of hydrogen-bond acceptors (Lipinski definition) is 5. The number of carbonyl (C=O) groups excluding carboxylic acids is 3. The average Bonchev–Trinajstić information content (AvgIpc) is 2.64. The van der Waals surface area contributed by atoms with Gasteiger partial charge in [0, 0.05) is 12.6 Å². The number of ether oxygens (including phenoxy) is 2. The summed E-state index contributed by atoms with van der Waals surface area (Å²) in [6, 6.07) is 3.55. The van der Waals surface area contributed by atoms with Gasteiger partial charge in [0.25, 0.3) is 5.91 Å². The summed E-state index contributed by atoms with van der Waals surface area (Å²) < 4.78 is 23.3. The second-order valence-corrected chi connectivity index (χ2v) is 5.84. The molecule has 2 N–H and O–H groups in total. The fourth-order valence-corrected chi connectivity index (χ4v) is 2.74. The van der Waals surface area contributed by atoms with E-state index in [-0.39, 0.29) is 5.75 Å². The fraction of sp³-hybridized carbons (Fsp3) is 0.389. The zero-order chi connectivity index (χ0) is 19.1. The highest BCUT2D eigenvalue weighted by molar-refractivity contribution is 5.91. The number of halogens is 1. The SMILES string of the molecule is COc1ccc(/C=C/C(=O)OCC(=O)N2CCCC[C@H]2C(N)=O)cc1F. The van der Waals surface area contributed by atoms with Crippen molar-refractivity contribution in [2.45, 2.75) is 25.3 Å². The average molecular weight is 364 g/mol. The highest BCUT2D eigenvalue weighted by atomic mass is 19.1. The number of carbonyl (C=O) groups is 3. The predicted molar refractivity (Wildman–Crippen MR) is 91.5 cm³/mol. The Morgan fingerprint density at radius 3 is 2.77 bits per heavy atom. The van der Waals surface area contributed by atoms with E-state index in [4.69, 9.17) is 15.2 Å². The van der Waals surface area contributed by atoms with Crippen molar-refractivity contribution >= 4 is 23.9 Å². The number of nitrogens with two attached hydrogens (primary N) is 1. The van der Waals surface area contributed by atoms with E-state index < -0.39 is 36.2 Å². The van der Waals surface area contributed by atoms with Crippen molar-refractivity contribution in [3.63, 3.8) is 0 Å². The fourth-order valence-electron chi connectivity index (χ4n) is 2.74. The molecule has 0 spiro atoms. The first-order chi connectivity index (χ1) is 12.4. The summed E-state index contributed by atoms with van der Waals surface area (Å²) in [5.41, 5.74) is 5.75. The van der Waals surface area contributed by atoms with Crippen molar-refractivity contribution in [3.8, 4) is 5.75 Å². The van der Waals surface area contributed by atoms with Gasteiger partial charge in [-0.25, -0.2) is 9.18 Å². The molecule has 26 heavy (non-hydrogen) atoms. The van der Waals surface area contributed by atoms with Gasteiger partial charge < -0.3 is 20.1 Å². The van der Waals surface area contributed by atoms with Crippen LogP contribution in [0.2, 0.25) is 0 Å². The molecule has 1 saturated heterocycles. The summed E-state index contributed by atoms with van der Waals surface area (Å²) in [4.78, 5) is 36.7. The van der Waals surface area contributed by atoms with Crippen LogP contribution in [0.25, 0.3) is 6.08 Å². The normalized spacial score (nSPS) is 17.2. The molecule has 0 saturated carbocycles. The molecule has 0 unspecified atom stereocenters. The summed E-state index contributed by atoms with van der Waals surface area (Å²) in [7, 11) is 1.35. The highest BCUT2D eigenvalue weighted by Gasteiger charge is 2.30. The zero-order valence-electron chi connectivity index (χ0n) is 14.4. The minimum atomic E-state index is -0.748. The van der Waals surface area contributed by atoms with Crippen LogP contribution in [0, 0.1) is 5.82 Å². The maximum atomic E-state index is 13.6. The lowest BCUT2D eigenvalue weighted by Gasteiger charge is -2.33. The number of piperidine rings is 1. The van der Waals surface area contributed by atoms with Crippen molar-refractivity contribution in [1.29, 1.82) is 0 Å². The molecule has 1 aliphatic rings. The third kappa shape index (κ3) is 5.05. The summed E-state index contributed by atoms with van der Waals surface area (Å²) in [6.45, 7) is -0.0745. The quantitative estimate of drug-likeness (QED) is 0.605. The summed E-state index contributed by atoms with van der Waals surface area (Å²) in [5, 5.41) is 0. The molecule has 0 bridgehead atoms. The van der Waals surface area contributed by atoms with Crippen LogP contribution >= 0.6 is 0 Å². The largest absolute Gasteiger partial charge is 0.494 e. The van der Waals surface area contributed by atoms with Crippen LogP contribution in [0.1, 0.15) is 24.8 Å². The Kier molecular flexibility index (Phi) is 6.71. The summed E-state index contributed by atoms with van der Waals surface area (Å²) in [5.74, 6) is -2.24. The van der Waals surface area contributed by atoms with Crippen LogP contribution in [-0.4, -0.2) is 49.0 Å². The lowest BCUT2D eigenvalue weighted by atomic mass is 10.0. The molecule has 1 heterocycles. The van der Waals surface area contributed by atoms with Gasteiger partial charge in [-0.3, -0.25) is 9.59 Å². The minimum Gasteiger partial charge on any atom is -0.494 e. The van der Waals surface area contributed by atoms with E-state index in [1.807, 2.05) is 0 Å². The first kappa shape index (κ1) is 19.4. The van der Waals surface area contributed by atoms with E-state index in [0.717, 1.165) is 18.9 Å². The lowest BCUT2D eigenvalue weighted by Crippen LogP contribution is -2.51. The smallest absolute Gasteiger partial charge is 0.331 e. The van der Waals surface area contributed by atoms with Crippen molar-refractivity contribution in [1.82, 2.24) is 4.90 Å². The Labute approximate surface area is 150 Å². The van der Waals surface area contributed by atoms with Gasteiger partial charge in [0.05, 0.1) is 7.11 Å². The van der Waals surface area contributed by atoms with E-state index in [2.05, 4.69) is 0 Å². The molecular weight excluding hydrogens is 343 g/mol. The van der Waals surface area contributed by atoms with Gasteiger partial charge in [0.2, 0.25) is 5.91 Å². The van der Waals surface area contributed by atoms with Crippen LogP contribution in [0.3, 0.4) is 0 Å². The second kappa shape index (κ2) is 8.98. The molecule has 1 atom stereocenters. The van der Waals surface area contributed by atoms with Crippen molar-refractivity contribution in [3.05, 3.63) is 35.7 Å². The van der Waals surface area contributed by atoms with Gasteiger partial charge in [-0.2, -0.15) is 0 Å². The minimum absolute atomic E-state index is 0.0980. The van der Waals surface area contributed by atoms with Crippen LogP contribution in [0.15, 0.2) is 24.3 Å². The number of esters is 1. The molecule has 1 fully saturated rings. The number of hydrogen-bond donors (Lipinski definition) is 1. The summed E-state index contributed by atoms with van der Waals surface area (Å²) >= 11 is 0. The van der Waals surface area contributed by atoms with E-state index in [1.54, 1.807) is 6.07 Å². The van der Waals surface area contributed by atoms with Crippen LogP contribution in [-0.2, 0) is 19.1 Å². The number of amides is 2. The number of methoxy groups -OCH3 is 1. The Hall–Kier alpha value is -2.90. The molecule has 2 rings (SSSR count). The van der Waals surface area contributed by atoms with Crippen LogP contribution in [0.5, 0.6) is 5.75 Å². The molecule has 0 aromatic heterocycles. The monoisotopic (exact) mass is 364 g/mol. The Balaban J connectivity index is 1.88. The van der Waals surface area contributed by atoms with Gasteiger partial charge in [0.1, 0.15) is 6.04 Å². The number of benzene rings is 1. The van der Waals surface area contributed by atoms with Gasteiger partial charge in [-0.15, -0.1) is 0 Å². The van der Waals surface area contributed by atoms with Crippen LogP contribution < -0.4 is 10.5 Å². The zero-order valence-corrected chi connectivity index (χ0v) is 14.4. The van der Waals surface area contributed by atoms with Gasteiger partial charge in [-0.1, -0.05) is 6.07 Å². The third-order valence-corrected chi connectivity index (χ3v) is 4.08. The maximum absolute atomic E-state index is 13.6. The van der Waals surface area contributed by atoms with E-state index in [1.165, 1.54) is 30.2 Å². The molecule has 1 aromatic carbocycles. The Morgan fingerprint density at radius 1 is 1.35 bits per heavy atom. The highest BCUT2D eigenvalue weighted by Crippen LogP contribution is 2.19. The number of likely N-dealkylation sites (tertiary alicyclic amines) is 1. The molecule has 7 nitrogen and oxygen atoms in total. The predicted octanol–water partition coefficient (Wildman–Crippen LogP) is 1.26.